The highest BCUT2D eigenvalue weighted by atomic mass is 32.2. The second-order valence-electron chi connectivity index (χ2n) is 6.27. The van der Waals surface area contributed by atoms with E-state index in [1.54, 1.807) is 12.4 Å². The lowest BCUT2D eigenvalue weighted by Crippen LogP contribution is -2.08. The Bertz CT molecular complexity index is 1170. The van der Waals surface area contributed by atoms with Crippen LogP contribution in [0, 0.1) is 13.8 Å². The largest absolute Gasteiger partial charge is 0.338 e. The molecular formula is C20H17N5O2S. The van der Waals surface area contributed by atoms with Crippen molar-refractivity contribution in [1.29, 1.82) is 0 Å². The summed E-state index contributed by atoms with van der Waals surface area (Å²) in [6.45, 7) is 4.11. The van der Waals surface area contributed by atoms with Crippen molar-refractivity contribution in [1.82, 2.24) is 25.1 Å². The van der Waals surface area contributed by atoms with Crippen molar-refractivity contribution in [3.05, 3.63) is 76.2 Å². The Hall–Kier alpha value is -3.26. The molecular weight excluding hydrogens is 374 g/mol. The van der Waals surface area contributed by atoms with Crippen LogP contribution in [-0.2, 0) is 5.75 Å². The van der Waals surface area contributed by atoms with E-state index < -0.39 is 0 Å². The average Bonchev–Trinajstić information content (AvgIpc) is 3.18. The highest BCUT2D eigenvalue weighted by Crippen LogP contribution is 2.23. The topological polar surface area (TPSA) is 97.6 Å². The van der Waals surface area contributed by atoms with Gasteiger partial charge >= 0.3 is 0 Å². The Kier molecular flexibility index (Phi) is 5.03. The Morgan fingerprint density at radius 3 is 2.61 bits per heavy atom. The van der Waals surface area contributed by atoms with Gasteiger partial charge in [-0.3, -0.25) is 9.78 Å². The van der Waals surface area contributed by atoms with Crippen LogP contribution < -0.4 is 5.56 Å². The summed E-state index contributed by atoms with van der Waals surface area (Å²) in [5.41, 5.74) is 4.51. The normalized spacial score (nSPS) is 10.9. The van der Waals surface area contributed by atoms with Crippen LogP contribution in [0.1, 0.15) is 17.0 Å². The van der Waals surface area contributed by atoms with Crippen molar-refractivity contribution in [3.63, 3.8) is 0 Å². The van der Waals surface area contributed by atoms with Crippen LogP contribution in [0.15, 0.2) is 63.3 Å². The number of thioether (sulfide) groups is 1. The van der Waals surface area contributed by atoms with Crippen LogP contribution in [-0.4, -0.2) is 25.1 Å². The number of hydrogen-bond acceptors (Lipinski definition) is 7. The molecule has 0 bridgehead atoms. The molecule has 0 aliphatic heterocycles. The first-order chi connectivity index (χ1) is 13.6. The smallest absolute Gasteiger partial charge is 0.252 e. The zero-order valence-electron chi connectivity index (χ0n) is 15.3. The molecule has 0 aliphatic carbocycles. The maximum absolute atomic E-state index is 12.0. The van der Waals surface area contributed by atoms with E-state index in [4.69, 9.17) is 4.52 Å². The zero-order chi connectivity index (χ0) is 19.5. The lowest BCUT2D eigenvalue weighted by molar-refractivity contribution is 0.391. The van der Waals surface area contributed by atoms with Gasteiger partial charge in [-0.2, -0.15) is 4.98 Å². The molecule has 4 rings (SSSR count). The minimum Gasteiger partial charge on any atom is -0.338 e. The number of rotatable bonds is 5. The summed E-state index contributed by atoms with van der Waals surface area (Å²) < 4.78 is 5.35. The number of H-pyrrole nitrogens is 1. The van der Waals surface area contributed by atoms with Crippen LogP contribution >= 0.6 is 11.8 Å². The van der Waals surface area contributed by atoms with Crippen LogP contribution in [0.5, 0.6) is 0 Å². The molecule has 140 valence electrons. The quantitative estimate of drug-likeness (QED) is 0.408. The molecule has 8 heteroatoms. The molecule has 7 nitrogen and oxygen atoms in total. The van der Waals surface area contributed by atoms with E-state index in [1.807, 2.05) is 37.3 Å². The number of aryl methyl sites for hydroxylation is 2. The molecule has 4 aromatic rings. The first-order valence-corrected chi connectivity index (χ1v) is 9.62. The Morgan fingerprint density at radius 2 is 1.82 bits per heavy atom. The fourth-order valence-electron chi connectivity index (χ4n) is 2.62. The summed E-state index contributed by atoms with van der Waals surface area (Å²) in [4.78, 5) is 27.6. The summed E-state index contributed by atoms with van der Waals surface area (Å²) >= 11 is 1.33. The van der Waals surface area contributed by atoms with Gasteiger partial charge in [-0.05, 0) is 43.2 Å². The van der Waals surface area contributed by atoms with E-state index >= 15 is 0 Å². The second kappa shape index (κ2) is 7.77. The highest BCUT2D eigenvalue weighted by Gasteiger charge is 2.11. The third kappa shape index (κ3) is 4.01. The van der Waals surface area contributed by atoms with Crippen LogP contribution in [0.3, 0.4) is 0 Å². The van der Waals surface area contributed by atoms with Crippen molar-refractivity contribution in [2.24, 2.45) is 0 Å². The van der Waals surface area contributed by atoms with Crippen molar-refractivity contribution < 1.29 is 4.52 Å². The first-order valence-electron chi connectivity index (χ1n) is 8.63. The van der Waals surface area contributed by atoms with Crippen LogP contribution in [0.2, 0.25) is 0 Å². The SMILES string of the molecule is Cc1ccc(-c2noc(CSc3nc(-c4ccncc4)cc(=O)[nH]3)n2)cc1C. The maximum atomic E-state index is 12.0. The second-order valence-corrected chi connectivity index (χ2v) is 7.24. The van der Waals surface area contributed by atoms with Gasteiger partial charge in [0.05, 0.1) is 11.4 Å². The molecule has 1 aromatic carbocycles. The van der Waals surface area contributed by atoms with Gasteiger partial charge in [0, 0.05) is 29.6 Å². The highest BCUT2D eigenvalue weighted by molar-refractivity contribution is 7.98. The fourth-order valence-corrected chi connectivity index (χ4v) is 3.33. The Morgan fingerprint density at radius 1 is 1.00 bits per heavy atom. The van der Waals surface area contributed by atoms with Gasteiger partial charge in [0.25, 0.3) is 5.56 Å². The molecule has 0 aliphatic rings. The van der Waals surface area contributed by atoms with Crippen molar-refractivity contribution in [2.45, 2.75) is 24.8 Å². The van der Waals surface area contributed by atoms with Gasteiger partial charge in [-0.25, -0.2) is 4.98 Å². The molecule has 0 saturated carbocycles. The van der Waals surface area contributed by atoms with Crippen molar-refractivity contribution >= 4 is 11.8 Å². The summed E-state index contributed by atoms with van der Waals surface area (Å²) in [5, 5.41) is 4.54. The predicted molar refractivity (Wildman–Crippen MR) is 107 cm³/mol. The molecule has 0 spiro atoms. The van der Waals surface area contributed by atoms with Crippen LogP contribution in [0.25, 0.3) is 22.6 Å². The summed E-state index contributed by atoms with van der Waals surface area (Å²) in [6.07, 6.45) is 3.33. The molecule has 3 aromatic heterocycles. The van der Waals surface area contributed by atoms with Gasteiger partial charge in [0.2, 0.25) is 11.7 Å². The summed E-state index contributed by atoms with van der Waals surface area (Å²) in [6, 6.07) is 11.1. The van der Waals surface area contributed by atoms with Crippen LogP contribution in [0.4, 0.5) is 0 Å². The lowest BCUT2D eigenvalue weighted by atomic mass is 10.1. The molecule has 0 radical (unpaired) electrons. The van der Waals surface area contributed by atoms with Gasteiger partial charge in [0.1, 0.15) is 0 Å². The Balaban J connectivity index is 1.51. The van der Waals surface area contributed by atoms with Gasteiger partial charge in [-0.1, -0.05) is 29.1 Å². The molecule has 0 saturated heterocycles. The molecule has 28 heavy (non-hydrogen) atoms. The van der Waals surface area contributed by atoms with E-state index in [1.165, 1.54) is 29.0 Å². The molecule has 0 fully saturated rings. The number of aromatic nitrogens is 5. The van der Waals surface area contributed by atoms with Gasteiger partial charge in [0.15, 0.2) is 5.16 Å². The van der Waals surface area contributed by atoms with E-state index in [9.17, 15) is 4.79 Å². The number of pyridine rings is 1. The standard InChI is InChI=1S/C20H17N5O2S/c1-12-3-4-15(9-13(12)2)19-24-18(27-25-19)11-28-20-22-16(10-17(26)23-20)14-5-7-21-8-6-14/h3-10H,11H2,1-2H3,(H,22,23,26). The summed E-state index contributed by atoms with van der Waals surface area (Å²) in [7, 11) is 0. The zero-order valence-corrected chi connectivity index (χ0v) is 16.2. The minimum absolute atomic E-state index is 0.217. The molecule has 3 heterocycles. The number of benzene rings is 1. The lowest BCUT2D eigenvalue weighted by Gasteiger charge is -2.03. The molecule has 0 unspecified atom stereocenters. The predicted octanol–water partition coefficient (Wildman–Crippen LogP) is 3.79. The number of nitrogens with zero attached hydrogens (tertiary/aromatic N) is 4. The van der Waals surface area contributed by atoms with E-state index in [0.717, 1.165) is 11.1 Å². The average molecular weight is 391 g/mol. The first kappa shape index (κ1) is 18.1. The maximum Gasteiger partial charge on any atom is 0.252 e. The molecule has 0 atom stereocenters. The number of aromatic amines is 1. The summed E-state index contributed by atoms with van der Waals surface area (Å²) in [5.74, 6) is 1.42. The number of nitrogens with one attached hydrogen (secondary N) is 1. The van der Waals surface area contributed by atoms with Crippen molar-refractivity contribution in [3.8, 4) is 22.6 Å². The third-order valence-electron chi connectivity index (χ3n) is 4.26. The number of hydrogen-bond donors (Lipinski definition) is 1. The fraction of sp³-hybridized carbons (Fsp3) is 0.150. The minimum atomic E-state index is -0.217. The van der Waals surface area contributed by atoms with E-state index in [2.05, 4.69) is 32.0 Å². The third-order valence-corrected chi connectivity index (χ3v) is 5.12. The van der Waals surface area contributed by atoms with E-state index in [-0.39, 0.29) is 5.56 Å². The van der Waals surface area contributed by atoms with Gasteiger partial charge in [-0.15, -0.1) is 0 Å². The molecule has 1 N–H and O–H groups in total. The Labute approximate surface area is 165 Å². The van der Waals surface area contributed by atoms with Crippen molar-refractivity contribution in [2.75, 3.05) is 0 Å². The van der Waals surface area contributed by atoms with E-state index in [0.29, 0.717) is 28.3 Å². The van der Waals surface area contributed by atoms with Gasteiger partial charge < -0.3 is 9.51 Å². The molecule has 0 amide bonds. The monoisotopic (exact) mass is 391 g/mol.